The lowest BCUT2D eigenvalue weighted by Crippen LogP contribution is -2.39. The van der Waals surface area contributed by atoms with Gasteiger partial charge < -0.3 is 10.1 Å². The molecule has 1 aromatic heterocycles. The Morgan fingerprint density at radius 3 is 3.05 bits per heavy atom. The van der Waals surface area contributed by atoms with Crippen molar-refractivity contribution in [2.24, 2.45) is 5.92 Å². The van der Waals surface area contributed by atoms with Gasteiger partial charge in [0.15, 0.2) is 0 Å². The van der Waals surface area contributed by atoms with Crippen molar-refractivity contribution in [1.82, 2.24) is 4.90 Å². The average Bonchev–Trinajstić information content (AvgIpc) is 2.85. The quantitative estimate of drug-likeness (QED) is 0.865. The maximum atomic E-state index is 12.0. The van der Waals surface area contributed by atoms with Crippen molar-refractivity contribution in [1.29, 1.82) is 0 Å². The maximum absolute atomic E-state index is 12.0. The van der Waals surface area contributed by atoms with E-state index in [1.54, 1.807) is 11.4 Å². The Labute approximate surface area is 122 Å². The minimum Gasteiger partial charge on any atom is -0.465 e. The molecule has 110 valence electrons. The molecule has 20 heavy (non-hydrogen) atoms. The molecule has 6 heteroatoms. The highest BCUT2D eigenvalue weighted by atomic mass is 32.1. The van der Waals surface area contributed by atoms with Crippen LogP contribution in [0.15, 0.2) is 11.4 Å². The van der Waals surface area contributed by atoms with E-state index < -0.39 is 5.97 Å². The van der Waals surface area contributed by atoms with E-state index in [4.69, 9.17) is 4.74 Å². The third-order valence-electron chi connectivity index (χ3n) is 3.42. The minimum atomic E-state index is -0.415. The zero-order chi connectivity index (χ0) is 14.5. The number of methoxy groups -OCH3 is 1. The molecule has 0 aliphatic carbocycles. The van der Waals surface area contributed by atoms with Crippen LogP contribution in [-0.4, -0.2) is 43.5 Å². The number of rotatable bonds is 4. The van der Waals surface area contributed by atoms with Crippen LogP contribution in [0.3, 0.4) is 0 Å². The fourth-order valence-corrected chi connectivity index (χ4v) is 3.25. The average molecular weight is 296 g/mol. The number of likely N-dealkylation sites (tertiary alicyclic amines) is 1. The Morgan fingerprint density at radius 2 is 2.35 bits per heavy atom. The molecule has 1 aliphatic heterocycles. The van der Waals surface area contributed by atoms with Crippen LogP contribution in [-0.2, 0) is 9.53 Å². The summed E-state index contributed by atoms with van der Waals surface area (Å²) in [6, 6.07) is 1.73. The van der Waals surface area contributed by atoms with Crippen LogP contribution in [0.2, 0.25) is 0 Å². The van der Waals surface area contributed by atoms with Gasteiger partial charge in [-0.2, -0.15) is 0 Å². The van der Waals surface area contributed by atoms with Crippen molar-refractivity contribution in [3.8, 4) is 0 Å². The summed E-state index contributed by atoms with van der Waals surface area (Å²) in [5, 5.41) is 4.57. The summed E-state index contributed by atoms with van der Waals surface area (Å²) in [4.78, 5) is 26.2. The van der Waals surface area contributed by atoms with Crippen LogP contribution >= 0.6 is 11.3 Å². The van der Waals surface area contributed by atoms with Crippen LogP contribution in [0.4, 0.5) is 5.69 Å². The summed E-state index contributed by atoms with van der Waals surface area (Å²) < 4.78 is 4.69. The van der Waals surface area contributed by atoms with Crippen LogP contribution in [0.5, 0.6) is 0 Å². The number of carbonyl (C=O) groups is 2. The van der Waals surface area contributed by atoms with E-state index in [-0.39, 0.29) is 5.91 Å². The standard InChI is InChI=1S/C14H20N2O3S/c1-10-4-3-6-16(8-10)9-12(17)15-11-5-7-20-13(11)14(18)19-2/h5,7,10H,3-4,6,8-9H2,1-2H3,(H,15,17). The van der Waals surface area contributed by atoms with Gasteiger partial charge in [-0.15, -0.1) is 11.3 Å². The predicted octanol–water partition coefficient (Wildman–Crippen LogP) is 2.21. The van der Waals surface area contributed by atoms with Crippen LogP contribution in [0, 0.1) is 5.92 Å². The molecule has 2 rings (SSSR count). The summed E-state index contributed by atoms with van der Waals surface area (Å²) in [6.45, 7) is 4.51. The lowest BCUT2D eigenvalue weighted by atomic mass is 10.0. The molecule has 0 radical (unpaired) electrons. The number of piperidine rings is 1. The molecule has 0 aromatic carbocycles. The van der Waals surface area contributed by atoms with Gasteiger partial charge in [0.25, 0.3) is 0 Å². The number of hydrogen-bond donors (Lipinski definition) is 1. The summed E-state index contributed by atoms with van der Waals surface area (Å²) in [5.74, 6) is 0.146. The van der Waals surface area contributed by atoms with E-state index >= 15 is 0 Å². The second-order valence-electron chi connectivity index (χ2n) is 5.19. The van der Waals surface area contributed by atoms with E-state index in [9.17, 15) is 9.59 Å². The van der Waals surface area contributed by atoms with E-state index in [0.717, 1.165) is 19.5 Å². The monoisotopic (exact) mass is 296 g/mol. The number of nitrogens with zero attached hydrogens (tertiary/aromatic N) is 1. The van der Waals surface area contributed by atoms with Gasteiger partial charge in [0.2, 0.25) is 5.91 Å². The van der Waals surface area contributed by atoms with Crippen molar-refractivity contribution in [3.05, 3.63) is 16.3 Å². The molecule has 1 unspecified atom stereocenters. The van der Waals surface area contributed by atoms with Gasteiger partial charge in [0, 0.05) is 6.54 Å². The zero-order valence-electron chi connectivity index (χ0n) is 11.8. The summed E-state index contributed by atoms with van der Waals surface area (Å²) in [7, 11) is 1.34. The highest BCUT2D eigenvalue weighted by Crippen LogP contribution is 2.23. The molecule has 1 saturated heterocycles. The fourth-order valence-electron chi connectivity index (χ4n) is 2.48. The number of anilines is 1. The van der Waals surface area contributed by atoms with Gasteiger partial charge in [-0.3, -0.25) is 9.69 Å². The van der Waals surface area contributed by atoms with Crippen LogP contribution in [0.25, 0.3) is 0 Å². The largest absolute Gasteiger partial charge is 0.465 e. The second-order valence-corrected chi connectivity index (χ2v) is 6.10. The topological polar surface area (TPSA) is 58.6 Å². The van der Waals surface area contributed by atoms with Gasteiger partial charge in [0.1, 0.15) is 4.88 Å². The number of hydrogen-bond acceptors (Lipinski definition) is 5. The lowest BCUT2D eigenvalue weighted by Gasteiger charge is -2.30. The van der Waals surface area contributed by atoms with Crippen molar-refractivity contribution in [2.75, 3.05) is 32.1 Å². The van der Waals surface area contributed by atoms with E-state index in [2.05, 4.69) is 17.1 Å². The Bertz CT molecular complexity index is 487. The molecule has 0 saturated carbocycles. The van der Waals surface area contributed by atoms with Gasteiger partial charge in [0.05, 0.1) is 19.3 Å². The lowest BCUT2D eigenvalue weighted by molar-refractivity contribution is -0.117. The highest BCUT2D eigenvalue weighted by molar-refractivity contribution is 7.12. The highest BCUT2D eigenvalue weighted by Gasteiger charge is 2.20. The number of carbonyl (C=O) groups excluding carboxylic acids is 2. The summed E-state index contributed by atoms with van der Waals surface area (Å²) in [6.07, 6.45) is 2.37. The molecule has 1 fully saturated rings. The number of esters is 1. The molecule has 1 aromatic rings. The Hall–Kier alpha value is -1.40. The molecule has 0 spiro atoms. The van der Waals surface area contributed by atoms with E-state index in [0.29, 0.717) is 23.0 Å². The zero-order valence-corrected chi connectivity index (χ0v) is 12.7. The first kappa shape index (κ1) is 15.0. The van der Waals surface area contributed by atoms with Gasteiger partial charge >= 0.3 is 5.97 Å². The molecule has 5 nitrogen and oxygen atoms in total. The van der Waals surface area contributed by atoms with Crippen LogP contribution in [0.1, 0.15) is 29.4 Å². The van der Waals surface area contributed by atoms with E-state index in [1.165, 1.54) is 24.9 Å². The van der Waals surface area contributed by atoms with Crippen molar-refractivity contribution < 1.29 is 14.3 Å². The molecule has 0 bridgehead atoms. The first-order valence-corrected chi connectivity index (χ1v) is 7.66. The van der Waals surface area contributed by atoms with Crippen molar-refractivity contribution in [3.63, 3.8) is 0 Å². The Morgan fingerprint density at radius 1 is 1.55 bits per heavy atom. The Kier molecular flexibility index (Phi) is 5.14. The number of ether oxygens (including phenoxy) is 1. The smallest absolute Gasteiger partial charge is 0.350 e. The first-order chi connectivity index (χ1) is 9.60. The summed E-state index contributed by atoms with van der Waals surface area (Å²) >= 11 is 1.27. The van der Waals surface area contributed by atoms with Gasteiger partial charge in [-0.25, -0.2) is 4.79 Å². The number of amides is 1. The number of thiophene rings is 1. The SMILES string of the molecule is COC(=O)c1sccc1NC(=O)CN1CCCC(C)C1. The molecular weight excluding hydrogens is 276 g/mol. The van der Waals surface area contributed by atoms with Gasteiger partial charge in [-0.1, -0.05) is 6.92 Å². The Balaban J connectivity index is 1.91. The normalized spacial score (nSPS) is 19.6. The maximum Gasteiger partial charge on any atom is 0.350 e. The second kappa shape index (κ2) is 6.85. The molecule has 1 amide bonds. The molecule has 1 aliphatic rings. The van der Waals surface area contributed by atoms with Gasteiger partial charge in [-0.05, 0) is 36.8 Å². The fraction of sp³-hybridized carbons (Fsp3) is 0.571. The molecular formula is C14H20N2O3S. The summed E-state index contributed by atoms with van der Waals surface area (Å²) in [5.41, 5.74) is 0.539. The predicted molar refractivity (Wildman–Crippen MR) is 79.1 cm³/mol. The molecule has 2 heterocycles. The molecule has 1 N–H and O–H groups in total. The van der Waals surface area contributed by atoms with E-state index in [1.807, 2.05) is 0 Å². The third kappa shape index (κ3) is 3.80. The minimum absolute atomic E-state index is 0.0809. The van der Waals surface area contributed by atoms with Crippen molar-refractivity contribution >= 4 is 28.9 Å². The third-order valence-corrected chi connectivity index (χ3v) is 4.31. The number of nitrogens with one attached hydrogen (secondary N) is 1. The molecule has 1 atom stereocenters. The van der Waals surface area contributed by atoms with Crippen molar-refractivity contribution in [2.45, 2.75) is 19.8 Å². The van der Waals surface area contributed by atoms with Crippen LogP contribution < -0.4 is 5.32 Å². The first-order valence-electron chi connectivity index (χ1n) is 6.78.